The first-order valence-electron chi connectivity index (χ1n) is 21.9. The Morgan fingerprint density at radius 1 is 0.455 bits per heavy atom. The normalized spacial score (nSPS) is 19.2. The molecule has 4 aliphatic rings. The number of fused-ring (bicyclic) bond motifs is 8. The molecule has 0 aliphatic heterocycles. The summed E-state index contributed by atoms with van der Waals surface area (Å²) in [6.45, 7) is 4.74. The summed E-state index contributed by atoms with van der Waals surface area (Å²) in [5.41, 5.74) is 18.0. The van der Waals surface area contributed by atoms with Crippen molar-refractivity contribution < 1.29 is 57.6 Å². The molecule has 6 aromatic rings. The molecule has 340 valence electrons. The summed E-state index contributed by atoms with van der Waals surface area (Å²) in [5, 5.41) is 5.42. The van der Waals surface area contributed by atoms with Gasteiger partial charge < -0.3 is 34.4 Å². The van der Waals surface area contributed by atoms with Crippen molar-refractivity contribution in [1.29, 1.82) is 0 Å². The van der Waals surface area contributed by atoms with Crippen molar-refractivity contribution in [3.63, 3.8) is 0 Å². The van der Waals surface area contributed by atoms with Crippen LogP contribution in [0.25, 0.3) is 45.8 Å². The van der Waals surface area contributed by atoms with Gasteiger partial charge in [-0.05, 0) is 24.2 Å². The van der Waals surface area contributed by atoms with Crippen molar-refractivity contribution in [3.05, 3.63) is 188 Å². The van der Waals surface area contributed by atoms with E-state index in [-0.39, 0.29) is 24.8 Å². The van der Waals surface area contributed by atoms with Crippen LogP contribution in [0.15, 0.2) is 144 Å². The second kappa shape index (κ2) is 21.5. The molecule has 0 saturated heterocycles. The van der Waals surface area contributed by atoms with Crippen LogP contribution >= 0.6 is 66.5 Å². The number of hydrogen-bond acceptors (Lipinski definition) is 2. The monoisotopic (exact) mass is 1160 g/mol. The molecule has 4 aliphatic carbocycles. The maximum absolute atomic E-state index is 9.77. The fourth-order valence-corrected chi connectivity index (χ4v) is 21.6. The van der Waals surface area contributed by atoms with E-state index in [0.717, 1.165) is 0 Å². The summed E-state index contributed by atoms with van der Waals surface area (Å²) in [4.78, 5) is 19.5. The fraction of sp³-hybridized carbons (Fsp3) is 0.231. The molecule has 0 radical (unpaired) electrons. The summed E-state index contributed by atoms with van der Waals surface area (Å²) in [6.07, 6.45) is 11.2. The summed E-state index contributed by atoms with van der Waals surface area (Å²) in [5.74, 6) is 0.689. The standard InChI is InChI=1S/2C23H17.C6H14Cl6O2Si3.2ClH.Zr/c2*1-15-12-22-20-9-5-4-6-16(20)10-11-21(22)23(15)19-13-17-7-2-3-8-18(17)14-19;7-16(8,9)5-1-3-15(13,14)4-2-6-17(10,11)12;;;/h2*2-14,23H,1H3;13-14H,1-6H2;2*1H;/q;;;;;+2/p-2. The Morgan fingerprint density at radius 2 is 0.833 bits per heavy atom. The van der Waals surface area contributed by atoms with Crippen molar-refractivity contribution in [1.82, 2.24) is 0 Å². The molecule has 2 N–H and O–H groups in total. The Morgan fingerprint density at radius 3 is 1.24 bits per heavy atom. The zero-order chi connectivity index (χ0) is 45.0. The first-order chi connectivity index (χ1) is 30.6. The van der Waals surface area contributed by atoms with E-state index in [1.54, 1.807) is 22.3 Å². The van der Waals surface area contributed by atoms with Gasteiger partial charge in [0.1, 0.15) is 0 Å². The quantitative estimate of drug-likeness (QED) is 0.0947. The van der Waals surface area contributed by atoms with Crippen molar-refractivity contribution in [2.45, 2.75) is 70.0 Å². The Hall–Kier alpha value is -1.43. The third-order valence-electron chi connectivity index (χ3n) is 13.3. The van der Waals surface area contributed by atoms with E-state index in [0.29, 0.717) is 56.1 Å². The van der Waals surface area contributed by atoms with Gasteiger partial charge in [-0.25, -0.2) is 0 Å². The minimum absolute atomic E-state index is 0. The molecular formula is C52H48Cl8O2Si3Zr. The van der Waals surface area contributed by atoms with Gasteiger partial charge in [-0.15, -0.1) is 66.5 Å². The SMILES string of the molecule is CC1=Cc2c(ccc3ccccc23)C1C1=Cc2ccccc2[CH]1[Zr+2][CH]1C(C2C(C)=Cc3c2ccc2ccccc32)=Cc2ccccc21.O[Si](O)(CCC[Si](Cl)(Cl)Cl)CCC[Si](Cl)(Cl)Cl.[Cl-].[Cl-]. The summed E-state index contributed by atoms with van der Waals surface area (Å²) in [7, 11) is -3.21. The molecule has 4 atom stereocenters. The van der Waals surface area contributed by atoms with Gasteiger partial charge in [0.2, 0.25) is 0 Å². The zero-order valence-corrected chi connectivity index (χ0v) is 47.8. The van der Waals surface area contributed by atoms with Gasteiger partial charge in [0, 0.05) is 0 Å². The molecule has 0 amide bonds. The smallest absolute Gasteiger partial charge is 0.341 e. The van der Waals surface area contributed by atoms with Crippen LogP contribution in [0, 0.1) is 0 Å². The van der Waals surface area contributed by atoms with E-state index >= 15 is 0 Å². The average molecular weight is 1160 g/mol. The van der Waals surface area contributed by atoms with E-state index in [1.807, 2.05) is 0 Å². The molecule has 0 aromatic heterocycles. The molecule has 0 heterocycles. The number of benzene rings is 6. The van der Waals surface area contributed by atoms with Gasteiger partial charge in [-0.3, -0.25) is 0 Å². The first kappa shape index (κ1) is 52.4. The van der Waals surface area contributed by atoms with Gasteiger partial charge in [0.25, 0.3) is 0 Å². The molecule has 4 unspecified atom stereocenters. The molecule has 0 bridgehead atoms. The number of halogens is 8. The molecule has 0 fully saturated rings. The first-order valence-corrected chi connectivity index (χ1v) is 37.5. The van der Waals surface area contributed by atoms with Crippen molar-refractivity contribution in [3.8, 4) is 0 Å². The van der Waals surface area contributed by atoms with Gasteiger partial charge >= 0.3 is 311 Å². The second-order valence-corrected chi connectivity index (χ2v) is 42.9. The third-order valence-corrected chi connectivity index (χ3v) is 25.6. The van der Waals surface area contributed by atoms with Crippen LogP contribution in [0.3, 0.4) is 0 Å². The van der Waals surface area contributed by atoms with Crippen LogP contribution in [0.5, 0.6) is 0 Å². The van der Waals surface area contributed by atoms with Crippen molar-refractivity contribution in [2.75, 3.05) is 0 Å². The van der Waals surface area contributed by atoms with Gasteiger partial charge in [0.05, 0.1) is 0 Å². The number of allylic oxidation sites excluding steroid dienone is 4. The largest absolute Gasteiger partial charge is 1.00 e. The molecule has 66 heavy (non-hydrogen) atoms. The average Bonchev–Trinajstić information content (AvgIpc) is 3.99. The number of rotatable bonds is 12. The Balaban J connectivity index is 0.000000295. The molecule has 0 spiro atoms. The van der Waals surface area contributed by atoms with Crippen LogP contribution in [0.1, 0.15) is 90.3 Å². The van der Waals surface area contributed by atoms with Gasteiger partial charge in [-0.1, -0.05) is 12.8 Å². The molecule has 10 rings (SSSR count). The molecule has 0 saturated carbocycles. The minimum atomic E-state index is -3.21. The van der Waals surface area contributed by atoms with Crippen LogP contribution in [-0.2, 0) is 23.2 Å². The predicted octanol–water partition coefficient (Wildman–Crippen LogP) is 10.6. The van der Waals surface area contributed by atoms with E-state index in [4.69, 9.17) is 66.5 Å². The summed E-state index contributed by atoms with van der Waals surface area (Å²) >= 11 is 33.1. The van der Waals surface area contributed by atoms with Gasteiger partial charge in [-0.2, -0.15) is 0 Å². The zero-order valence-electron chi connectivity index (χ0n) is 36.3. The predicted molar refractivity (Wildman–Crippen MR) is 280 cm³/mol. The molecular weight excluding hydrogens is 1120 g/mol. The Kier molecular flexibility index (Phi) is 17.1. The van der Waals surface area contributed by atoms with Gasteiger partial charge in [0.15, 0.2) is 0 Å². The van der Waals surface area contributed by atoms with Crippen LogP contribution < -0.4 is 24.8 Å². The molecule has 6 aromatic carbocycles. The van der Waals surface area contributed by atoms with Crippen LogP contribution in [0.2, 0.25) is 24.2 Å². The van der Waals surface area contributed by atoms with E-state index < -0.39 is 43.8 Å². The van der Waals surface area contributed by atoms with E-state index in [2.05, 4.69) is 159 Å². The van der Waals surface area contributed by atoms with Crippen molar-refractivity contribution in [2.24, 2.45) is 0 Å². The summed E-state index contributed by atoms with van der Waals surface area (Å²) < 4.78 is 1.03. The number of hydrogen-bond donors (Lipinski definition) is 2. The molecule has 2 nitrogen and oxygen atoms in total. The second-order valence-electron chi connectivity index (χ2n) is 17.7. The van der Waals surface area contributed by atoms with E-state index in [1.165, 1.54) is 66.1 Å². The Labute approximate surface area is 444 Å². The van der Waals surface area contributed by atoms with E-state index in [9.17, 15) is 9.59 Å². The fourth-order valence-electron chi connectivity index (χ4n) is 10.5. The summed E-state index contributed by atoms with van der Waals surface area (Å²) in [6, 6.07) is 42.1. The topological polar surface area (TPSA) is 40.5 Å². The van der Waals surface area contributed by atoms with Crippen molar-refractivity contribution >= 4 is 133 Å². The maximum atomic E-state index is 9.77. The third kappa shape index (κ3) is 11.4. The van der Waals surface area contributed by atoms with Crippen LogP contribution in [0.4, 0.5) is 0 Å². The molecule has 14 heteroatoms. The maximum Gasteiger partial charge on any atom is 0.341 e. The van der Waals surface area contributed by atoms with Crippen LogP contribution in [-0.4, -0.2) is 30.2 Å². The Bertz CT molecular complexity index is 2710. The minimum Gasteiger partial charge on any atom is -1.00 e.